The van der Waals surface area contributed by atoms with Gasteiger partial charge in [0, 0.05) is 10.5 Å². The van der Waals surface area contributed by atoms with Gasteiger partial charge in [-0.05, 0) is 59.4 Å². The third kappa shape index (κ3) is 2.38. The van der Waals surface area contributed by atoms with Crippen molar-refractivity contribution in [2.75, 3.05) is 7.05 Å². The van der Waals surface area contributed by atoms with Gasteiger partial charge in [-0.15, -0.1) is 0 Å². The van der Waals surface area contributed by atoms with Crippen LogP contribution in [0.3, 0.4) is 0 Å². The molecular formula is C12H15BrClN. The Kier molecular flexibility index (Phi) is 3.70. The maximum absolute atomic E-state index is 5.99. The predicted octanol–water partition coefficient (Wildman–Crippen LogP) is 4.16. The predicted molar refractivity (Wildman–Crippen MR) is 68.3 cm³/mol. The second kappa shape index (κ2) is 4.86. The van der Waals surface area contributed by atoms with E-state index in [1.165, 1.54) is 24.8 Å². The first-order valence-electron chi connectivity index (χ1n) is 5.34. The molecule has 1 aliphatic rings. The van der Waals surface area contributed by atoms with Gasteiger partial charge >= 0.3 is 0 Å². The Hall–Kier alpha value is -0.0500. The monoisotopic (exact) mass is 287 g/mol. The molecule has 0 amide bonds. The summed E-state index contributed by atoms with van der Waals surface area (Å²) in [6.45, 7) is 0. The number of rotatable bonds is 3. The van der Waals surface area contributed by atoms with E-state index in [1.807, 2.05) is 13.1 Å². The summed E-state index contributed by atoms with van der Waals surface area (Å²) in [7, 11) is 2.03. The summed E-state index contributed by atoms with van der Waals surface area (Å²) < 4.78 is 0.987. The summed E-state index contributed by atoms with van der Waals surface area (Å²) in [6.07, 6.45) is 4.05. The zero-order valence-electron chi connectivity index (χ0n) is 8.76. The molecule has 0 heterocycles. The molecular weight excluding hydrogens is 273 g/mol. The van der Waals surface area contributed by atoms with Gasteiger partial charge in [-0.25, -0.2) is 0 Å². The third-order valence-corrected chi connectivity index (χ3v) is 4.45. The van der Waals surface area contributed by atoms with Gasteiger partial charge in [-0.1, -0.05) is 24.1 Å². The minimum atomic E-state index is 0.479. The normalized spacial score (nSPS) is 18.6. The van der Waals surface area contributed by atoms with E-state index in [-0.39, 0.29) is 0 Å². The minimum Gasteiger partial charge on any atom is -0.313 e. The van der Waals surface area contributed by atoms with Gasteiger partial charge in [0.2, 0.25) is 0 Å². The molecule has 0 bridgehead atoms. The number of hydrogen-bond donors (Lipinski definition) is 1. The van der Waals surface area contributed by atoms with Crippen LogP contribution < -0.4 is 5.32 Å². The van der Waals surface area contributed by atoms with Crippen LogP contribution in [0.25, 0.3) is 0 Å². The van der Waals surface area contributed by atoms with E-state index >= 15 is 0 Å². The fourth-order valence-corrected chi connectivity index (χ4v) is 2.67. The van der Waals surface area contributed by atoms with E-state index in [0.717, 1.165) is 15.4 Å². The van der Waals surface area contributed by atoms with Gasteiger partial charge in [0.15, 0.2) is 0 Å². The second-order valence-corrected chi connectivity index (χ2v) is 5.39. The Morgan fingerprint density at radius 3 is 2.67 bits per heavy atom. The molecule has 0 spiro atoms. The van der Waals surface area contributed by atoms with Gasteiger partial charge in [-0.3, -0.25) is 0 Å². The summed E-state index contributed by atoms with van der Waals surface area (Å²) in [5, 5.41) is 4.18. The third-order valence-electron chi connectivity index (χ3n) is 3.24. The minimum absolute atomic E-state index is 0.479. The molecule has 0 radical (unpaired) electrons. The lowest BCUT2D eigenvalue weighted by molar-refractivity contribution is 0.239. The number of halogens is 2. The first-order valence-corrected chi connectivity index (χ1v) is 6.51. The summed E-state index contributed by atoms with van der Waals surface area (Å²) in [5.41, 5.74) is 1.33. The van der Waals surface area contributed by atoms with E-state index < -0.39 is 0 Å². The summed E-state index contributed by atoms with van der Waals surface area (Å²) in [4.78, 5) is 0. The molecule has 0 aliphatic heterocycles. The van der Waals surface area contributed by atoms with E-state index in [0.29, 0.717) is 6.04 Å². The van der Waals surface area contributed by atoms with E-state index in [2.05, 4.69) is 33.4 Å². The molecule has 0 saturated heterocycles. The Labute approximate surface area is 104 Å². The zero-order valence-corrected chi connectivity index (χ0v) is 11.1. The fraction of sp³-hybridized carbons (Fsp3) is 0.500. The topological polar surface area (TPSA) is 12.0 Å². The number of nitrogens with one attached hydrogen (secondary N) is 1. The first-order chi connectivity index (χ1) is 7.22. The van der Waals surface area contributed by atoms with Crippen LogP contribution in [-0.4, -0.2) is 7.05 Å². The van der Waals surface area contributed by atoms with Gasteiger partial charge in [0.25, 0.3) is 0 Å². The van der Waals surface area contributed by atoms with Gasteiger partial charge < -0.3 is 5.32 Å². The molecule has 3 heteroatoms. The molecule has 0 aromatic heterocycles. The molecule has 1 aliphatic carbocycles. The fourth-order valence-electron chi connectivity index (χ4n) is 2.15. The van der Waals surface area contributed by atoms with Crippen molar-refractivity contribution in [1.29, 1.82) is 0 Å². The van der Waals surface area contributed by atoms with Crippen LogP contribution in [0.15, 0.2) is 22.7 Å². The average molecular weight is 289 g/mol. The van der Waals surface area contributed by atoms with Crippen molar-refractivity contribution < 1.29 is 0 Å². The zero-order chi connectivity index (χ0) is 10.8. The maximum Gasteiger partial charge on any atom is 0.0548 e. The lowest BCUT2D eigenvalue weighted by Gasteiger charge is -2.34. The highest BCUT2D eigenvalue weighted by atomic mass is 79.9. The van der Waals surface area contributed by atoms with Crippen molar-refractivity contribution in [3.63, 3.8) is 0 Å². The molecule has 1 aromatic rings. The largest absolute Gasteiger partial charge is 0.313 e. The number of hydrogen-bond acceptors (Lipinski definition) is 1. The smallest absolute Gasteiger partial charge is 0.0548 e. The molecule has 2 rings (SSSR count). The van der Waals surface area contributed by atoms with Crippen molar-refractivity contribution in [2.45, 2.75) is 25.3 Å². The van der Waals surface area contributed by atoms with Crippen molar-refractivity contribution in [1.82, 2.24) is 5.32 Å². The Balaban J connectivity index is 2.21. The molecule has 1 unspecified atom stereocenters. The molecule has 1 atom stereocenters. The molecule has 15 heavy (non-hydrogen) atoms. The number of benzene rings is 1. The SMILES string of the molecule is CNC(c1ccc(Cl)c(Br)c1)C1CCC1. The van der Waals surface area contributed by atoms with Crippen LogP contribution in [0.5, 0.6) is 0 Å². The average Bonchev–Trinajstić information content (AvgIpc) is 2.16. The van der Waals surface area contributed by atoms with Crippen molar-refractivity contribution >= 4 is 27.5 Å². The maximum atomic E-state index is 5.99. The standard InChI is InChI=1S/C12H15BrClN/c1-15-12(8-3-2-4-8)9-5-6-11(14)10(13)7-9/h5-8,12,15H,2-4H2,1H3. The summed E-state index contributed by atoms with van der Waals surface area (Å²) >= 11 is 9.46. The molecule has 1 fully saturated rings. The second-order valence-electron chi connectivity index (χ2n) is 4.13. The van der Waals surface area contributed by atoms with E-state index in [9.17, 15) is 0 Å². The van der Waals surface area contributed by atoms with Gasteiger partial charge in [0.05, 0.1) is 5.02 Å². The highest BCUT2D eigenvalue weighted by Crippen LogP contribution is 2.38. The first kappa shape index (κ1) is 11.4. The Bertz CT molecular complexity index is 349. The molecule has 1 aromatic carbocycles. The highest BCUT2D eigenvalue weighted by Gasteiger charge is 2.27. The van der Waals surface area contributed by atoms with Crippen LogP contribution in [-0.2, 0) is 0 Å². The van der Waals surface area contributed by atoms with Crippen molar-refractivity contribution in [2.24, 2.45) is 5.92 Å². The van der Waals surface area contributed by atoms with Crippen LogP contribution in [0.1, 0.15) is 30.9 Å². The van der Waals surface area contributed by atoms with E-state index in [1.54, 1.807) is 0 Å². The van der Waals surface area contributed by atoms with Gasteiger partial charge in [0.1, 0.15) is 0 Å². The van der Waals surface area contributed by atoms with Crippen LogP contribution >= 0.6 is 27.5 Å². The molecule has 1 saturated carbocycles. The molecule has 1 N–H and O–H groups in total. The van der Waals surface area contributed by atoms with Crippen LogP contribution in [0.4, 0.5) is 0 Å². The molecule has 82 valence electrons. The van der Waals surface area contributed by atoms with Crippen molar-refractivity contribution in [3.05, 3.63) is 33.3 Å². The lowest BCUT2D eigenvalue weighted by Crippen LogP contribution is -2.29. The van der Waals surface area contributed by atoms with E-state index in [4.69, 9.17) is 11.6 Å². The van der Waals surface area contributed by atoms with Crippen LogP contribution in [0.2, 0.25) is 5.02 Å². The Morgan fingerprint density at radius 2 is 2.20 bits per heavy atom. The summed E-state index contributed by atoms with van der Waals surface area (Å²) in [6, 6.07) is 6.69. The molecule has 1 nitrogen and oxygen atoms in total. The quantitative estimate of drug-likeness (QED) is 0.880. The Morgan fingerprint density at radius 1 is 1.47 bits per heavy atom. The summed E-state index contributed by atoms with van der Waals surface area (Å²) in [5.74, 6) is 0.795. The van der Waals surface area contributed by atoms with Gasteiger partial charge in [-0.2, -0.15) is 0 Å². The van der Waals surface area contributed by atoms with Crippen LogP contribution in [0, 0.1) is 5.92 Å². The lowest BCUT2D eigenvalue weighted by atomic mass is 9.77. The van der Waals surface area contributed by atoms with Crippen molar-refractivity contribution in [3.8, 4) is 0 Å². The highest BCUT2D eigenvalue weighted by molar-refractivity contribution is 9.10.